The van der Waals surface area contributed by atoms with Crippen LogP contribution < -0.4 is 0 Å². The molecule has 0 saturated heterocycles. The lowest BCUT2D eigenvalue weighted by Gasteiger charge is -2.24. The molecule has 1 aliphatic heterocycles. The van der Waals surface area contributed by atoms with Gasteiger partial charge in [0.15, 0.2) is 5.78 Å². The Bertz CT molecular complexity index is 451. The zero-order valence-electron chi connectivity index (χ0n) is 9.32. The number of Topliss-reactive ketones (excluding diaryl/α,β-unsaturated/α-hetero) is 1. The second-order valence-electron chi connectivity index (χ2n) is 3.77. The highest BCUT2D eigenvalue weighted by Gasteiger charge is 2.25. The first-order chi connectivity index (χ1) is 7.83. The maximum absolute atomic E-state index is 11.9. The van der Waals surface area contributed by atoms with Gasteiger partial charge in [-0.3, -0.25) is 4.79 Å². The Morgan fingerprint density at radius 3 is 3.12 bits per heavy atom. The van der Waals surface area contributed by atoms with Crippen molar-refractivity contribution in [1.82, 2.24) is 0 Å². The lowest BCUT2D eigenvalue weighted by Crippen LogP contribution is -2.23. The van der Waals surface area contributed by atoms with Crippen LogP contribution in [-0.2, 0) is 16.0 Å². The minimum atomic E-state index is -0.411. The molecular weight excluding hydrogens is 200 g/mol. The van der Waals surface area contributed by atoms with Crippen molar-refractivity contribution < 1.29 is 9.53 Å². The van der Waals surface area contributed by atoms with Crippen molar-refractivity contribution in [2.45, 2.75) is 25.9 Å². The molecule has 0 fully saturated rings. The fraction of sp³-hybridized carbons (Fsp3) is 0.357. The van der Waals surface area contributed by atoms with Crippen molar-refractivity contribution in [3.05, 3.63) is 35.4 Å². The largest absolute Gasteiger partial charge is 0.365 e. The van der Waals surface area contributed by atoms with Gasteiger partial charge in [-0.1, -0.05) is 30.2 Å². The molecule has 1 atom stereocenters. The Morgan fingerprint density at radius 1 is 1.50 bits per heavy atom. The Kier molecular flexibility index (Phi) is 3.38. The van der Waals surface area contributed by atoms with Gasteiger partial charge in [0.1, 0.15) is 6.10 Å². The summed E-state index contributed by atoms with van der Waals surface area (Å²) in [6, 6.07) is 7.97. The normalized spacial score (nSPS) is 18.2. The second-order valence-corrected chi connectivity index (χ2v) is 3.77. The summed E-state index contributed by atoms with van der Waals surface area (Å²) >= 11 is 0. The number of rotatable bonds is 2. The van der Waals surface area contributed by atoms with Crippen molar-refractivity contribution in [3.63, 3.8) is 0 Å². The molecule has 1 heterocycles. The van der Waals surface area contributed by atoms with Crippen molar-refractivity contribution in [2.24, 2.45) is 0 Å². The molecule has 2 nitrogen and oxygen atoms in total. The molecule has 0 spiro atoms. The van der Waals surface area contributed by atoms with Crippen LogP contribution in [0.3, 0.4) is 0 Å². The molecule has 16 heavy (non-hydrogen) atoms. The lowest BCUT2D eigenvalue weighted by molar-refractivity contribution is -0.130. The average molecular weight is 214 g/mol. The highest BCUT2D eigenvalue weighted by atomic mass is 16.5. The van der Waals surface area contributed by atoms with Crippen molar-refractivity contribution in [1.29, 1.82) is 0 Å². The first-order valence-electron chi connectivity index (χ1n) is 5.44. The molecule has 82 valence electrons. The van der Waals surface area contributed by atoms with Gasteiger partial charge < -0.3 is 4.74 Å². The van der Waals surface area contributed by atoms with Gasteiger partial charge in [-0.25, -0.2) is 0 Å². The van der Waals surface area contributed by atoms with E-state index < -0.39 is 6.10 Å². The van der Waals surface area contributed by atoms with Gasteiger partial charge in [-0.2, -0.15) is 0 Å². The molecule has 0 amide bonds. The number of benzene rings is 1. The zero-order valence-corrected chi connectivity index (χ0v) is 9.32. The predicted octanol–water partition coefficient (Wildman–Crippen LogP) is 2.28. The summed E-state index contributed by atoms with van der Waals surface area (Å²) < 4.78 is 5.55. The second kappa shape index (κ2) is 4.96. The molecule has 1 aromatic rings. The SMILES string of the molecule is CC#CCC(=O)C1OCCc2ccccc21. The van der Waals surface area contributed by atoms with E-state index in [-0.39, 0.29) is 12.2 Å². The maximum Gasteiger partial charge on any atom is 0.177 e. The number of fused-ring (bicyclic) bond motifs is 1. The lowest BCUT2D eigenvalue weighted by atomic mass is 9.94. The molecule has 1 aliphatic rings. The molecular formula is C14H14O2. The van der Waals surface area contributed by atoms with Crippen molar-refractivity contribution >= 4 is 5.78 Å². The molecule has 1 aromatic carbocycles. The van der Waals surface area contributed by atoms with Crippen LogP contribution in [0.15, 0.2) is 24.3 Å². The number of carbonyl (C=O) groups is 1. The predicted molar refractivity (Wildman–Crippen MR) is 61.9 cm³/mol. The van der Waals surface area contributed by atoms with E-state index in [0.717, 1.165) is 12.0 Å². The van der Waals surface area contributed by atoms with Gasteiger partial charge in [0.05, 0.1) is 13.0 Å². The number of hydrogen-bond donors (Lipinski definition) is 0. The van der Waals surface area contributed by atoms with Crippen molar-refractivity contribution in [3.8, 4) is 11.8 Å². The quantitative estimate of drug-likeness (QED) is 0.706. The molecule has 0 aromatic heterocycles. The van der Waals surface area contributed by atoms with Gasteiger partial charge in [0.2, 0.25) is 0 Å². The Labute approximate surface area is 95.6 Å². The van der Waals surface area contributed by atoms with Gasteiger partial charge in [-0.05, 0) is 24.5 Å². The average Bonchev–Trinajstić information content (AvgIpc) is 2.35. The van der Waals surface area contributed by atoms with E-state index in [1.165, 1.54) is 5.56 Å². The molecule has 0 saturated carbocycles. The summed E-state index contributed by atoms with van der Waals surface area (Å²) in [5.41, 5.74) is 2.23. The monoisotopic (exact) mass is 214 g/mol. The van der Waals surface area contributed by atoms with Crippen LogP contribution in [0.25, 0.3) is 0 Å². The molecule has 0 N–H and O–H groups in total. The number of hydrogen-bond acceptors (Lipinski definition) is 2. The zero-order chi connectivity index (χ0) is 11.4. The van der Waals surface area contributed by atoms with E-state index in [9.17, 15) is 4.79 Å². The molecule has 2 rings (SSSR count). The molecule has 0 bridgehead atoms. The fourth-order valence-corrected chi connectivity index (χ4v) is 1.93. The Hall–Kier alpha value is -1.59. The summed E-state index contributed by atoms with van der Waals surface area (Å²) in [7, 11) is 0. The van der Waals surface area contributed by atoms with Crippen LogP contribution >= 0.6 is 0 Å². The number of ketones is 1. The highest BCUT2D eigenvalue weighted by Crippen LogP contribution is 2.28. The standard InChI is InChI=1S/C14H14O2/c1-2-3-8-13(15)14-12-7-5-4-6-11(12)9-10-16-14/h4-7,14H,8-10H2,1H3. The molecule has 2 heteroatoms. The minimum Gasteiger partial charge on any atom is -0.365 e. The van der Waals surface area contributed by atoms with Crippen LogP contribution in [0.4, 0.5) is 0 Å². The maximum atomic E-state index is 11.9. The topological polar surface area (TPSA) is 26.3 Å². The number of ether oxygens (including phenoxy) is 1. The van der Waals surface area contributed by atoms with E-state index >= 15 is 0 Å². The van der Waals surface area contributed by atoms with Crippen molar-refractivity contribution in [2.75, 3.05) is 6.61 Å². The third-order valence-electron chi connectivity index (χ3n) is 2.73. The fourth-order valence-electron chi connectivity index (χ4n) is 1.93. The van der Waals surface area contributed by atoms with E-state index in [1.807, 2.05) is 18.2 Å². The van der Waals surface area contributed by atoms with Crippen LogP contribution in [0.2, 0.25) is 0 Å². The third kappa shape index (κ3) is 2.15. The van der Waals surface area contributed by atoms with E-state index in [4.69, 9.17) is 4.74 Å². The van der Waals surface area contributed by atoms with E-state index in [0.29, 0.717) is 6.61 Å². The van der Waals surface area contributed by atoms with E-state index in [2.05, 4.69) is 17.9 Å². The summed E-state index contributed by atoms with van der Waals surface area (Å²) in [6.45, 7) is 2.36. The minimum absolute atomic E-state index is 0.0569. The van der Waals surface area contributed by atoms with Crippen LogP contribution in [0.1, 0.15) is 30.6 Å². The first-order valence-corrected chi connectivity index (χ1v) is 5.44. The van der Waals surface area contributed by atoms with Crippen LogP contribution in [-0.4, -0.2) is 12.4 Å². The summed E-state index contributed by atoms with van der Waals surface area (Å²) in [5, 5.41) is 0. The summed E-state index contributed by atoms with van der Waals surface area (Å²) in [4.78, 5) is 11.9. The van der Waals surface area contributed by atoms with E-state index in [1.54, 1.807) is 6.92 Å². The first kappa shape index (κ1) is 10.9. The number of carbonyl (C=O) groups excluding carboxylic acids is 1. The molecule has 1 unspecified atom stereocenters. The summed E-state index contributed by atoms with van der Waals surface area (Å²) in [5.74, 6) is 5.59. The molecule has 0 aliphatic carbocycles. The van der Waals surface area contributed by atoms with Gasteiger partial charge in [-0.15, -0.1) is 5.92 Å². The third-order valence-corrected chi connectivity index (χ3v) is 2.73. The highest BCUT2D eigenvalue weighted by molar-refractivity contribution is 5.86. The molecule has 0 radical (unpaired) electrons. The van der Waals surface area contributed by atoms with Gasteiger partial charge in [0.25, 0.3) is 0 Å². The van der Waals surface area contributed by atoms with Gasteiger partial charge >= 0.3 is 0 Å². The Balaban J connectivity index is 2.23. The Morgan fingerprint density at radius 2 is 2.31 bits per heavy atom. The smallest absolute Gasteiger partial charge is 0.177 e. The van der Waals surface area contributed by atoms with Gasteiger partial charge in [0, 0.05) is 0 Å². The van der Waals surface area contributed by atoms with Crippen LogP contribution in [0, 0.1) is 11.8 Å². The van der Waals surface area contributed by atoms with Crippen LogP contribution in [0.5, 0.6) is 0 Å². The summed E-state index contributed by atoms with van der Waals surface area (Å²) in [6.07, 6.45) is 0.750.